The number of amides is 1. The number of esters is 1. The van der Waals surface area contributed by atoms with Gasteiger partial charge in [0, 0.05) is 19.4 Å². The topological polar surface area (TPSA) is 67.9 Å². The quantitative estimate of drug-likeness (QED) is 0.758. The van der Waals surface area contributed by atoms with Gasteiger partial charge in [0.1, 0.15) is 0 Å². The highest BCUT2D eigenvalue weighted by Crippen LogP contribution is 2.33. The zero-order chi connectivity index (χ0) is 13.2. The zero-order valence-electron chi connectivity index (χ0n) is 10.9. The molecule has 1 amide bonds. The first-order valence-electron chi connectivity index (χ1n) is 6.45. The van der Waals surface area contributed by atoms with E-state index in [1.165, 1.54) is 6.92 Å². The van der Waals surface area contributed by atoms with Crippen molar-refractivity contribution in [2.45, 2.75) is 44.9 Å². The van der Waals surface area contributed by atoms with Gasteiger partial charge in [0.2, 0.25) is 5.72 Å². The van der Waals surface area contributed by atoms with E-state index in [0.717, 1.165) is 25.9 Å². The largest absolute Gasteiger partial charge is 0.443 e. The molecule has 0 bridgehead atoms. The van der Waals surface area contributed by atoms with E-state index >= 15 is 0 Å². The lowest BCUT2D eigenvalue weighted by Crippen LogP contribution is -2.56. The summed E-state index contributed by atoms with van der Waals surface area (Å²) in [6.45, 7) is 5.13. The van der Waals surface area contributed by atoms with Crippen LogP contribution in [0.3, 0.4) is 0 Å². The van der Waals surface area contributed by atoms with E-state index in [-0.39, 0.29) is 24.7 Å². The minimum absolute atomic E-state index is 0.0838. The molecule has 18 heavy (non-hydrogen) atoms. The summed E-state index contributed by atoms with van der Waals surface area (Å²) in [4.78, 5) is 24.8. The fraction of sp³-hybridized carbons (Fsp3) is 0.833. The van der Waals surface area contributed by atoms with Crippen molar-refractivity contribution in [2.75, 3.05) is 19.7 Å². The van der Waals surface area contributed by atoms with Crippen molar-refractivity contribution in [3.8, 4) is 0 Å². The fourth-order valence-corrected chi connectivity index (χ4v) is 2.72. The molecule has 2 saturated heterocycles. The normalized spacial score (nSPS) is 29.2. The first-order chi connectivity index (χ1) is 8.59. The van der Waals surface area contributed by atoms with E-state index in [1.807, 2.05) is 6.92 Å². The van der Waals surface area contributed by atoms with Crippen LogP contribution in [0.25, 0.3) is 0 Å². The third-order valence-electron chi connectivity index (χ3n) is 3.62. The molecule has 0 saturated carbocycles. The number of ether oxygens (including phenoxy) is 2. The lowest BCUT2D eigenvalue weighted by Gasteiger charge is -2.40. The summed E-state index contributed by atoms with van der Waals surface area (Å²) in [6.07, 6.45) is 1.89. The predicted molar refractivity (Wildman–Crippen MR) is 63.9 cm³/mol. The van der Waals surface area contributed by atoms with Crippen LogP contribution in [0.2, 0.25) is 0 Å². The lowest BCUT2D eigenvalue weighted by molar-refractivity contribution is -0.176. The van der Waals surface area contributed by atoms with Gasteiger partial charge in [-0.15, -0.1) is 0 Å². The number of hydrogen-bond donors (Lipinski definition) is 1. The smallest absolute Gasteiger partial charge is 0.413 e. The molecule has 0 aromatic rings. The highest BCUT2D eigenvalue weighted by Gasteiger charge is 2.52. The summed E-state index contributed by atoms with van der Waals surface area (Å²) in [7, 11) is 0. The number of nitrogens with zero attached hydrogens (tertiary/aromatic N) is 1. The van der Waals surface area contributed by atoms with Crippen molar-refractivity contribution in [3.63, 3.8) is 0 Å². The van der Waals surface area contributed by atoms with E-state index in [9.17, 15) is 9.59 Å². The molecule has 2 fully saturated rings. The number of cyclic esters (lactones) is 1. The Bertz CT molecular complexity index is 341. The Kier molecular flexibility index (Phi) is 3.75. The van der Waals surface area contributed by atoms with Gasteiger partial charge in [0.05, 0.1) is 0 Å². The summed E-state index contributed by atoms with van der Waals surface area (Å²) in [6, 6.07) is 0.0838. The van der Waals surface area contributed by atoms with Crippen LogP contribution in [-0.2, 0) is 14.3 Å². The minimum Gasteiger partial charge on any atom is -0.443 e. The summed E-state index contributed by atoms with van der Waals surface area (Å²) in [5, 5.41) is 3.25. The van der Waals surface area contributed by atoms with Crippen molar-refractivity contribution >= 4 is 12.1 Å². The van der Waals surface area contributed by atoms with E-state index < -0.39 is 5.72 Å². The van der Waals surface area contributed by atoms with E-state index in [1.54, 1.807) is 4.90 Å². The first kappa shape index (κ1) is 13.1. The molecule has 1 N–H and O–H groups in total. The molecule has 2 aliphatic heterocycles. The highest BCUT2D eigenvalue weighted by molar-refractivity contribution is 5.73. The van der Waals surface area contributed by atoms with Crippen molar-refractivity contribution in [1.82, 2.24) is 10.2 Å². The number of rotatable bonds is 3. The third-order valence-corrected chi connectivity index (χ3v) is 3.62. The van der Waals surface area contributed by atoms with Crippen LogP contribution in [0, 0.1) is 0 Å². The molecule has 2 rings (SSSR count). The molecule has 1 atom stereocenters. The Morgan fingerprint density at radius 2 is 2.22 bits per heavy atom. The third kappa shape index (κ3) is 2.29. The fourth-order valence-electron chi connectivity index (χ4n) is 2.72. The first-order valence-corrected chi connectivity index (χ1v) is 6.45. The van der Waals surface area contributed by atoms with Crippen LogP contribution in [0.15, 0.2) is 0 Å². The van der Waals surface area contributed by atoms with Gasteiger partial charge in [-0.1, -0.05) is 6.92 Å². The number of nitrogens with one attached hydrogen (secondary N) is 1. The van der Waals surface area contributed by atoms with Gasteiger partial charge in [-0.25, -0.2) is 4.79 Å². The molecular weight excluding hydrogens is 236 g/mol. The molecule has 2 heterocycles. The van der Waals surface area contributed by atoms with Gasteiger partial charge in [-0.2, -0.15) is 0 Å². The van der Waals surface area contributed by atoms with Gasteiger partial charge >= 0.3 is 12.1 Å². The van der Waals surface area contributed by atoms with Crippen molar-refractivity contribution in [1.29, 1.82) is 0 Å². The zero-order valence-corrected chi connectivity index (χ0v) is 10.9. The molecule has 0 radical (unpaired) electrons. The van der Waals surface area contributed by atoms with Crippen LogP contribution in [0.4, 0.5) is 4.79 Å². The standard InChI is InChI=1S/C12H20N2O4/c1-3-12(18-9(2)15)8-17-11(16)14(12)10-4-6-13-7-5-10/h10,13H,3-8H2,1-2H3/t12-/m0/s1. The van der Waals surface area contributed by atoms with Crippen molar-refractivity contribution in [3.05, 3.63) is 0 Å². The Hall–Kier alpha value is -1.30. The maximum Gasteiger partial charge on any atom is 0.413 e. The monoisotopic (exact) mass is 256 g/mol. The molecular formula is C12H20N2O4. The van der Waals surface area contributed by atoms with Crippen LogP contribution < -0.4 is 5.32 Å². The van der Waals surface area contributed by atoms with Crippen molar-refractivity contribution < 1.29 is 19.1 Å². The van der Waals surface area contributed by atoms with Crippen LogP contribution in [-0.4, -0.2) is 48.4 Å². The number of piperidine rings is 1. The minimum atomic E-state index is -0.912. The second-order valence-corrected chi connectivity index (χ2v) is 4.80. The van der Waals surface area contributed by atoms with Gasteiger partial charge in [0.25, 0.3) is 0 Å². The number of carbonyl (C=O) groups excluding carboxylic acids is 2. The molecule has 102 valence electrons. The average Bonchev–Trinajstić information content (AvgIpc) is 2.67. The van der Waals surface area contributed by atoms with E-state index in [4.69, 9.17) is 9.47 Å². The molecule has 0 aromatic heterocycles. The number of hydrogen-bond acceptors (Lipinski definition) is 5. The Morgan fingerprint density at radius 1 is 1.56 bits per heavy atom. The number of carbonyl (C=O) groups is 2. The van der Waals surface area contributed by atoms with Gasteiger partial charge in [-0.3, -0.25) is 9.69 Å². The van der Waals surface area contributed by atoms with Crippen LogP contribution >= 0.6 is 0 Å². The van der Waals surface area contributed by atoms with Gasteiger partial charge < -0.3 is 14.8 Å². The Morgan fingerprint density at radius 3 is 2.78 bits per heavy atom. The molecule has 0 aliphatic carbocycles. The summed E-state index contributed by atoms with van der Waals surface area (Å²) >= 11 is 0. The maximum atomic E-state index is 11.9. The molecule has 0 spiro atoms. The van der Waals surface area contributed by atoms with Crippen LogP contribution in [0.5, 0.6) is 0 Å². The van der Waals surface area contributed by atoms with E-state index in [2.05, 4.69) is 5.32 Å². The van der Waals surface area contributed by atoms with Crippen molar-refractivity contribution in [2.24, 2.45) is 0 Å². The molecule has 0 unspecified atom stereocenters. The second kappa shape index (κ2) is 5.14. The van der Waals surface area contributed by atoms with E-state index in [0.29, 0.717) is 6.42 Å². The summed E-state index contributed by atoms with van der Waals surface area (Å²) in [5.41, 5.74) is -0.912. The molecule has 2 aliphatic rings. The Balaban J connectivity index is 2.21. The SMILES string of the molecule is CC[C@]1(OC(C)=O)COC(=O)N1C1CCNCC1. The van der Waals surface area contributed by atoms with Gasteiger partial charge in [-0.05, 0) is 25.9 Å². The van der Waals surface area contributed by atoms with Gasteiger partial charge in [0.15, 0.2) is 6.61 Å². The Labute approximate surface area is 107 Å². The highest BCUT2D eigenvalue weighted by atomic mass is 16.6. The second-order valence-electron chi connectivity index (χ2n) is 4.80. The molecule has 6 nitrogen and oxygen atoms in total. The summed E-state index contributed by atoms with van der Waals surface area (Å²) in [5.74, 6) is -0.380. The molecule has 0 aromatic carbocycles. The average molecular weight is 256 g/mol. The molecule has 6 heteroatoms. The van der Waals surface area contributed by atoms with Crippen LogP contribution in [0.1, 0.15) is 33.1 Å². The summed E-state index contributed by atoms with van der Waals surface area (Å²) < 4.78 is 10.5. The predicted octanol–water partition coefficient (Wildman–Crippen LogP) is 0.860. The lowest BCUT2D eigenvalue weighted by atomic mass is 10.0. The maximum absolute atomic E-state index is 11.9.